The van der Waals surface area contributed by atoms with Crippen LogP contribution in [0.5, 0.6) is 11.5 Å². The third kappa shape index (κ3) is 3.44. The molecule has 0 bridgehead atoms. The van der Waals surface area contributed by atoms with Gasteiger partial charge in [-0.15, -0.1) is 0 Å². The fraction of sp³-hybridized carbons (Fsp3) is 0.143. The van der Waals surface area contributed by atoms with Crippen LogP contribution in [0.1, 0.15) is 18.5 Å². The molecule has 7 heteroatoms. The lowest BCUT2D eigenvalue weighted by atomic mass is 10.1. The molecule has 0 aliphatic heterocycles. The van der Waals surface area contributed by atoms with Gasteiger partial charge in [-0.05, 0) is 13.0 Å². The SMILES string of the molecule is CC(N)c1ccccc1Oc1cc(Cl)c(Cl)cc1[N+](=O)[O-]. The van der Waals surface area contributed by atoms with E-state index in [-0.39, 0.29) is 27.5 Å². The Bertz CT molecular complexity index is 690. The van der Waals surface area contributed by atoms with E-state index in [2.05, 4.69) is 0 Å². The van der Waals surface area contributed by atoms with Crippen molar-refractivity contribution in [1.29, 1.82) is 0 Å². The standard InChI is InChI=1S/C14H12Cl2N2O3/c1-8(17)9-4-2-3-5-13(9)21-14-7-11(16)10(15)6-12(14)18(19)20/h2-8H,17H2,1H3. The van der Waals surface area contributed by atoms with E-state index in [4.69, 9.17) is 33.7 Å². The Labute approximate surface area is 131 Å². The molecule has 110 valence electrons. The highest BCUT2D eigenvalue weighted by atomic mass is 35.5. The Morgan fingerprint density at radius 1 is 1.19 bits per heavy atom. The van der Waals surface area contributed by atoms with Crippen molar-refractivity contribution in [2.45, 2.75) is 13.0 Å². The summed E-state index contributed by atoms with van der Waals surface area (Å²) in [6.07, 6.45) is 0. The molecule has 0 fully saturated rings. The van der Waals surface area contributed by atoms with Gasteiger partial charge in [0.15, 0.2) is 0 Å². The molecule has 5 nitrogen and oxygen atoms in total. The fourth-order valence-corrected chi connectivity index (χ4v) is 2.12. The van der Waals surface area contributed by atoms with Crippen LogP contribution >= 0.6 is 23.2 Å². The van der Waals surface area contributed by atoms with E-state index >= 15 is 0 Å². The number of nitrogens with zero attached hydrogens (tertiary/aromatic N) is 1. The second-order valence-corrected chi connectivity index (χ2v) is 5.23. The van der Waals surface area contributed by atoms with Crippen molar-refractivity contribution in [3.8, 4) is 11.5 Å². The third-order valence-corrected chi connectivity index (χ3v) is 3.55. The fourth-order valence-electron chi connectivity index (χ4n) is 1.81. The van der Waals surface area contributed by atoms with E-state index in [0.29, 0.717) is 5.75 Å². The van der Waals surface area contributed by atoms with Crippen molar-refractivity contribution in [2.24, 2.45) is 5.73 Å². The van der Waals surface area contributed by atoms with E-state index in [0.717, 1.165) is 11.6 Å². The molecule has 0 aromatic heterocycles. The summed E-state index contributed by atoms with van der Waals surface area (Å²) in [4.78, 5) is 10.5. The van der Waals surface area contributed by atoms with Gasteiger partial charge in [-0.2, -0.15) is 0 Å². The molecule has 0 spiro atoms. The second kappa shape index (κ2) is 6.30. The maximum Gasteiger partial charge on any atom is 0.313 e. The Kier molecular flexibility index (Phi) is 4.67. The lowest BCUT2D eigenvalue weighted by Crippen LogP contribution is -2.06. The summed E-state index contributed by atoms with van der Waals surface area (Å²) < 4.78 is 5.63. The maximum absolute atomic E-state index is 11.1. The minimum atomic E-state index is -0.577. The largest absolute Gasteiger partial charge is 0.450 e. The van der Waals surface area contributed by atoms with Crippen LogP contribution in [0.25, 0.3) is 0 Å². The predicted molar refractivity (Wildman–Crippen MR) is 82.2 cm³/mol. The molecule has 1 unspecified atom stereocenters. The normalized spacial score (nSPS) is 12.0. The second-order valence-electron chi connectivity index (χ2n) is 4.42. The summed E-state index contributed by atoms with van der Waals surface area (Å²) in [5.41, 5.74) is 6.33. The van der Waals surface area contributed by atoms with Crippen molar-refractivity contribution in [3.05, 3.63) is 62.1 Å². The van der Waals surface area contributed by atoms with Crippen LogP contribution in [0.4, 0.5) is 5.69 Å². The zero-order valence-electron chi connectivity index (χ0n) is 11.0. The maximum atomic E-state index is 11.1. The number of nitrogens with two attached hydrogens (primary N) is 1. The zero-order valence-corrected chi connectivity index (χ0v) is 12.6. The number of rotatable bonds is 4. The van der Waals surface area contributed by atoms with Crippen molar-refractivity contribution < 1.29 is 9.66 Å². The van der Waals surface area contributed by atoms with Gasteiger partial charge in [0.1, 0.15) is 5.75 Å². The molecule has 0 heterocycles. The number of nitro benzene ring substituents is 1. The molecular weight excluding hydrogens is 315 g/mol. The summed E-state index contributed by atoms with van der Waals surface area (Å²) in [7, 11) is 0. The van der Waals surface area contributed by atoms with Gasteiger partial charge in [0, 0.05) is 23.7 Å². The highest BCUT2D eigenvalue weighted by Crippen LogP contribution is 2.39. The molecule has 0 amide bonds. The first-order chi connectivity index (χ1) is 9.90. The zero-order chi connectivity index (χ0) is 15.6. The van der Waals surface area contributed by atoms with Crippen LogP contribution in [0.3, 0.4) is 0 Å². The van der Waals surface area contributed by atoms with Crippen LogP contribution in [-0.2, 0) is 0 Å². The van der Waals surface area contributed by atoms with Gasteiger partial charge >= 0.3 is 5.69 Å². The first kappa shape index (κ1) is 15.6. The molecule has 0 aliphatic carbocycles. The minimum Gasteiger partial charge on any atom is -0.450 e. The average Bonchev–Trinajstić information content (AvgIpc) is 2.42. The Balaban J connectivity index is 2.49. The van der Waals surface area contributed by atoms with Crippen LogP contribution in [-0.4, -0.2) is 4.92 Å². The quantitative estimate of drug-likeness (QED) is 0.651. The molecule has 0 saturated carbocycles. The van der Waals surface area contributed by atoms with Gasteiger partial charge < -0.3 is 10.5 Å². The van der Waals surface area contributed by atoms with Crippen LogP contribution in [0.15, 0.2) is 36.4 Å². The average molecular weight is 327 g/mol. The summed E-state index contributed by atoms with van der Waals surface area (Å²) >= 11 is 11.7. The van der Waals surface area contributed by atoms with Gasteiger partial charge in [0.05, 0.1) is 15.0 Å². The van der Waals surface area contributed by atoms with E-state index in [1.807, 2.05) is 6.07 Å². The number of nitro groups is 1. The summed E-state index contributed by atoms with van der Waals surface area (Å²) in [6.45, 7) is 1.80. The molecular formula is C14H12Cl2N2O3. The van der Waals surface area contributed by atoms with Crippen LogP contribution < -0.4 is 10.5 Å². The highest BCUT2D eigenvalue weighted by Gasteiger charge is 2.20. The lowest BCUT2D eigenvalue weighted by molar-refractivity contribution is -0.385. The van der Waals surface area contributed by atoms with Gasteiger partial charge in [0.2, 0.25) is 5.75 Å². The first-order valence-electron chi connectivity index (χ1n) is 6.06. The molecule has 0 saturated heterocycles. The monoisotopic (exact) mass is 326 g/mol. The smallest absolute Gasteiger partial charge is 0.313 e. The van der Waals surface area contributed by atoms with E-state index in [1.165, 1.54) is 6.07 Å². The molecule has 0 radical (unpaired) electrons. The summed E-state index contributed by atoms with van der Waals surface area (Å²) in [5, 5.41) is 11.4. The lowest BCUT2D eigenvalue weighted by Gasteiger charge is -2.14. The molecule has 2 aromatic rings. The summed E-state index contributed by atoms with van der Waals surface area (Å²) in [5.74, 6) is 0.455. The van der Waals surface area contributed by atoms with E-state index < -0.39 is 4.92 Å². The van der Waals surface area contributed by atoms with Gasteiger partial charge in [-0.3, -0.25) is 10.1 Å². The third-order valence-electron chi connectivity index (χ3n) is 2.83. The number of benzene rings is 2. The Morgan fingerprint density at radius 2 is 1.81 bits per heavy atom. The number of hydrogen-bond acceptors (Lipinski definition) is 4. The van der Waals surface area contributed by atoms with Gasteiger partial charge in [-0.1, -0.05) is 41.4 Å². The minimum absolute atomic E-state index is 0.0162. The van der Waals surface area contributed by atoms with Gasteiger partial charge in [-0.25, -0.2) is 0 Å². The molecule has 1 atom stereocenters. The van der Waals surface area contributed by atoms with Crippen LogP contribution in [0, 0.1) is 10.1 Å². The number of ether oxygens (including phenoxy) is 1. The van der Waals surface area contributed by atoms with Gasteiger partial charge in [0.25, 0.3) is 0 Å². The van der Waals surface area contributed by atoms with Crippen molar-refractivity contribution in [1.82, 2.24) is 0 Å². The van der Waals surface area contributed by atoms with Crippen molar-refractivity contribution in [3.63, 3.8) is 0 Å². The Morgan fingerprint density at radius 3 is 2.43 bits per heavy atom. The highest BCUT2D eigenvalue weighted by molar-refractivity contribution is 6.42. The molecule has 2 rings (SSSR count). The number of hydrogen-bond donors (Lipinski definition) is 1. The van der Waals surface area contributed by atoms with Crippen molar-refractivity contribution >= 4 is 28.9 Å². The molecule has 21 heavy (non-hydrogen) atoms. The van der Waals surface area contributed by atoms with E-state index in [9.17, 15) is 10.1 Å². The summed E-state index contributed by atoms with van der Waals surface area (Å²) in [6, 6.07) is 9.25. The van der Waals surface area contributed by atoms with E-state index in [1.54, 1.807) is 25.1 Å². The van der Waals surface area contributed by atoms with Crippen LogP contribution in [0.2, 0.25) is 10.0 Å². The molecule has 0 aliphatic rings. The Hall–Kier alpha value is -1.82. The first-order valence-corrected chi connectivity index (χ1v) is 6.81. The predicted octanol–water partition coefficient (Wildman–Crippen LogP) is 4.71. The molecule has 2 N–H and O–H groups in total. The number of halogens is 2. The van der Waals surface area contributed by atoms with Crippen molar-refractivity contribution in [2.75, 3.05) is 0 Å². The number of para-hydroxylation sites is 1. The topological polar surface area (TPSA) is 78.4 Å². The molecule has 2 aromatic carbocycles.